The summed E-state index contributed by atoms with van der Waals surface area (Å²) in [6.07, 6.45) is 1.95. The SMILES string of the molecule is COCC(C)CC(=O)c1c(Cl)cnn1CCN(C)C. The zero-order chi connectivity index (χ0) is 14.4. The fourth-order valence-corrected chi connectivity index (χ4v) is 2.11. The number of carbonyl (C=O) groups excluding carboxylic acids is 1. The van der Waals surface area contributed by atoms with E-state index < -0.39 is 0 Å². The Morgan fingerprint density at radius 2 is 2.26 bits per heavy atom. The van der Waals surface area contributed by atoms with Crippen LogP contribution in [0.3, 0.4) is 0 Å². The highest BCUT2D eigenvalue weighted by molar-refractivity contribution is 6.33. The van der Waals surface area contributed by atoms with E-state index in [1.807, 2.05) is 25.9 Å². The number of carbonyl (C=O) groups is 1. The number of rotatable bonds is 8. The van der Waals surface area contributed by atoms with Crippen molar-refractivity contribution in [2.75, 3.05) is 34.4 Å². The summed E-state index contributed by atoms with van der Waals surface area (Å²) in [4.78, 5) is 14.3. The van der Waals surface area contributed by atoms with E-state index in [1.54, 1.807) is 11.8 Å². The Morgan fingerprint density at radius 3 is 2.84 bits per heavy atom. The molecular formula is C13H22ClN3O2. The molecule has 0 aromatic carbocycles. The molecule has 0 bridgehead atoms. The van der Waals surface area contributed by atoms with Crippen LogP contribution in [0.1, 0.15) is 23.8 Å². The zero-order valence-electron chi connectivity index (χ0n) is 12.0. The largest absolute Gasteiger partial charge is 0.384 e. The van der Waals surface area contributed by atoms with Gasteiger partial charge in [0.15, 0.2) is 5.78 Å². The second-order valence-corrected chi connectivity index (χ2v) is 5.46. The maximum Gasteiger partial charge on any atom is 0.182 e. The average Bonchev–Trinajstić information content (AvgIpc) is 2.68. The van der Waals surface area contributed by atoms with Crippen LogP contribution < -0.4 is 0 Å². The van der Waals surface area contributed by atoms with Gasteiger partial charge in [0.2, 0.25) is 0 Å². The van der Waals surface area contributed by atoms with Crippen molar-refractivity contribution >= 4 is 17.4 Å². The van der Waals surface area contributed by atoms with Crippen LogP contribution in [0.2, 0.25) is 5.02 Å². The summed E-state index contributed by atoms with van der Waals surface area (Å²) in [5.74, 6) is 0.191. The second kappa shape index (κ2) is 7.62. The topological polar surface area (TPSA) is 47.4 Å². The van der Waals surface area contributed by atoms with Gasteiger partial charge in [0.1, 0.15) is 5.69 Å². The lowest BCUT2D eigenvalue weighted by Gasteiger charge is -2.13. The van der Waals surface area contributed by atoms with Gasteiger partial charge in [-0.3, -0.25) is 9.48 Å². The molecule has 1 atom stereocenters. The van der Waals surface area contributed by atoms with E-state index in [9.17, 15) is 4.79 Å². The highest BCUT2D eigenvalue weighted by Gasteiger charge is 2.19. The predicted molar refractivity (Wildman–Crippen MR) is 75.8 cm³/mol. The van der Waals surface area contributed by atoms with Crippen LogP contribution in [0, 0.1) is 5.92 Å². The number of halogens is 1. The molecule has 0 saturated heterocycles. The minimum atomic E-state index is 0.0193. The minimum absolute atomic E-state index is 0.0193. The average molecular weight is 288 g/mol. The van der Waals surface area contributed by atoms with E-state index in [4.69, 9.17) is 16.3 Å². The van der Waals surface area contributed by atoms with Crippen LogP contribution in [-0.4, -0.2) is 54.8 Å². The van der Waals surface area contributed by atoms with Crippen LogP contribution in [-0.2, 0) is 11.3 Å². The first-order valence-electron chi connectivity index (χ1n) is 6.33. The molecule has 1 aromatic rings. The Hall–Kier alpha value is -0.910. The highest BCUT2D eigenvalue weighted by atomic mass is 35.5. The Bertz CT molecular complexity index is 418. The standard InChI is InChI=1S/C13H22ClN3O2/c1-10(9-19-4)7-12(18)13-11(14)8-15-17(13)6-5-16(2)3/h8,10H,5-7,9H2,1-4H3. The van der Waals surface area contributed by atoms with E-state index >= 15 is 0 Å². The van der Waals surface area contributed by atoms with E-state index in [1.165, 1.54) is 6.20 Å². The molecule has 0 radical (unpaired) electrons. The van der Waals surface area contributed by atoms with Gasteiger partial charge < -0.3 is 9.64 Å². The molecule has 1 rings (SSSR count). The van der Waals surface area contributed by atoms with Gasteiger partial charge in [-0.25, -0.2) is 0 Å². The summed E-state index contributed by atoms with van der Waals surface area (Å²) in [5, 5.41) is 4.59. The van der Waals surface area contributed by atoms with E-state index in [0.717, 1.165) is 6.54 Å². The molecule has 0 N–H and O–H groups in total. The van der Waals surface area contributed by atoms with Crippen molar-refractivity contribution in [3.8, 4) is 0 Å². The molecule has 0 saturated carbocycles. The number of ether oxygens (including phenoxy) is 1. The van der Waals surface area contributed by atoms with Gasteiger partial charge in [0.25, 0.3) is 0 Å². The van der Waals surface area contributed by atoms with Gasteiger partial charge in [0, 0.05) is 26.7 Å². The molecule has 0 fully saturated rings. The van der Waals surface area contributed by atoms with E-state index in [-0.39, 0.29) is 11.7 Å². The summed E-state index contributed by atoms with van der Waals surface area (Å²) in [5.41, 5.74) is 0.506. The summed E-state index contributed by atoms with van der Waals surface area (Å²) in [7, 11) is 5.59. The van der Waals surface area contributed by atoms with E-state index in [2.05, 4.69) is 5.10 Å². The van der Waals surface area contributed by atoms with Crippen molar-refractivity contribution in [1.82, 2.24) is 14.7 Å². The molecule has 1 aromatic heterocycles. The van der Waals surface area contributed by atoms with Crippen LogP contribution in [0.4, 0.5) is 0 Å². The lowest BCUT2D eigenvalue weighted by Crippen LogP contribution is -2.22. The number of likely N-dealkylation sites (N-methyl/N-ethyl adjacent to an activating group) is 1. The molecule has 19 heavy (non-hydrogen) atoms. The summed E-state index contributed by atoms with van der Waals surface area (Å²) >= 11 is 6.07. The Kier molecular flexibility index (Phi) is 6.48. The first-order valence-corrected chi connectivity index (χ1v) is 6.71. The smallest absolute Gasteiger partial charge is 0.182 e. The summed E-state index contributed by atoms with van der Waals surface area (Å²) in [6.45, 7) is 4.01. The molecule has 0 aliphatic heterocycles. The highest BCUT2D eigenvalue weighted by Crippen LogP contribution is 2.19. The minimum Gasteiger partial charge on any atom is -0.384 e. The van der Waals surface area contributed by atoms with Gasteiger partial charge in [-0.1, -0.05) is 18.5 Å². The lowest BCUT2D eigenvalue weighted by molar-refractivity contribution is 0.0909. The first-order chi connectivity index (χ1) is 8.95. The molecule has 6 heteroatoms. The summed E-state index contributed by atoms with van der Waals surface area (Å²) in [6, 6.07) is 0. The zero-order valence-corrected chi connectivity index (χ0v) is 12.8. The van der Waals surface area contributed by atoms with Gasteiger partial charge in [-0.15, -0.1) is 0 Å². The van der Waals surface area contributed by atoms with Gasteiger partial charge in [-0.2, -0.15) is 5.10 Å². The third-order valence-electron chi connectivity index (χ3n) is 2.80. The molecule has 1 unspecified atom stereocenters. The van der Waals surface area contributed by atoms with Crippen molar-refractivity contribution in [2.24, 2.45) is 5.92 Å². The number of ketones is 1. The molecule has 0 aliphatic rings. The number of methoxy groups -OCH3 is 1. The fourth-order valence-electron chi connectivity index (χ4n) is 1.86. The molecule has 0 amide bonds. The normalized spacial score (nSPS) is 12.9. The molecule has 108 valence electrons. The van der Waals surface area contributed by atoms with Crippen molar-refractivity contribution in [3.05, 3.63) is 16.9 Å². The quantitative estimate of drug-likeness (QED) is 0.686. The van der Waals surface area contributed by atoms with Crippen molar-refractivity contribution < 1.29 is 9.53 Å². The van der Waals surface area contributed by atoms with Gasteiger partial charge in [0.05, 0.1) is 17.8 Å². The number of hydrogen-bond acceptors (Lipinski definition) is 4. The fraction of sp³-hybridized carbons (Fsp3) is 0.692. The number of aromatic nitrogens is 2. The maximum absolute atomic E-state index is 12.3. The van der Waals surface area contributed by atoms with Crippen LogP contribution in [0.25, 0.3) is 0 Å². The van der Waals surface area contributed by atoms with Crippen molar-refractivity contribution in [3.63, 3.8) is 0 Å². The monoisotopic (exact) mass is 287 g/mol. The third kappa shape index (κ3) is 4.93. The Balaban J connectivity index is 2.75. The van der Waals surface area contributed by atoms with Crippen LogP contribution in [0.5, 0.6) is 0 Å². The lowest BCUT2D eigenvalue weighted by atomic mass is 10.0. The summed E-state index contributed by atoms with van der Waals surface area (Å²) < 4.78 is 6.73. The third-order valence-corrected chi connectivity index (χ3v) is 3.08. The number of nitrogens with zero attached hydrogens (tertiary/aromatic N) is 3. The van der Waals surface area contributed by atoms with Gasteiger partial charge in [-0.05, 0) is 20.0 Å². The number of hydrogen-bond donors (Lipinski definition) is 0. The molecule has 0 aliphatic carbocycles. The molecule has 1 heterocycles. The second-order valence-electron chi connectivity index (χ2n) is 5.06. The predicted octanol–water partition coefficient (Wildman–Crippen LogP) is 1.95. The Labute approximate surface area is 119 Å². The molecular weight excluding hydrogens is 266 g/mol. The van der Waals surface area contributed by atoms with Crippen LogP contribution in [0.15, 0.2) is 6.20 Å². The van der Waals surface area contributed by atoms with Crippen LogP contribution >= 0.6 is 11.6 Å². The maximum atomic E-state index is 12.3. The Morgan fingerprint density at radius 1 is 1.58 bits per heavy atom. The van der Waals surface area contributed by atoms with E-state index in [0.29, 0.717) is 30.3 Å². The molecule has 0 spiro atoms. The first kappa shape index (κ1) is 16.1. The van der Waals surface area contributed by atoms with Gasteiger partial charge >= 0.3 is 0 Å². The number of Topliss-reactive ketones (excluding diaryl/α,β-unsaturated/α-hetero) is 1. The van der Waals surface area contributed by atoms with Crippen molar-refractivity contribution in [1.29, 1.82) is 0 Å². The molecule has 5 nitrogen and oxygen atoms in total. The van der Waals surface area contributed by atoms with Crippen molar-refractivity contribution in [2.45, 2.75) is 19.9 Å².